The van der Waals surface area contributed by atoms with Crippen LogP contribution in [0.2, 0.25) is 5.15 Å². The number of hydrogen-bond acceptors (Lipinski definition) is 3. The van der Waals surface area contributed by atoms with Crippen molar-refractivity contribution < 1.29 is 0 Å². The predicted octanol–water partition coefficient (Wildman–Crippen LogP) is 4.87. The summed E-state index contributed by atoms with van der Waals surface area (Å²) in [6.45, 7) is 4.25. The second kappa shape index (κ2) is 4.16. The summed E-state index contributed by atoms with van der Waals surface area (Å²) in [4.78, 5) is 11.9. The molecule has 2 aromatic rings. The SMILES string of the molecule is Cc1sc2nc(C3CC4CCC3C4)nc(Cl)c2c1C. The molecule has 2 fully saturated rings. The lowest BCUT2D eigenvalue weighted by molar-refractivity contribution is 0.406. The Morgan fingerprint density at radius 1 is 1.16 bits per heavy atom. The van der Waals surface area contributed by atoms with Gasteiger partial charge < -0.3 is 0 Å². The third-order valence-electron chi connectivity index (χ3n) is 5.07. The van der Waals surface area contributed by atoms with Gasteiger partial charge in [-0.2, -0.15) is 0 Å². The summed E-state index contributed by atoms with van der Waals surface area (Å²) in [6.07, 6.45) is 5.42. The Hall–Kier alpha value is -0.670. The largest absolute Gasteiger partial charge is 0.222 e. The molecular weight excluding hydrogens is 276 g/mol. The van der Waals surface area contributed by atoms with E-state index in [1.165, 1.54) is 36.1 Å². The molecule has 3 unspecified atom stereocenters. The normalized spacial score (nSPS) is 29.5. The Bertz CT molecular complexity index is 664. The molecule has 2 heterocycles. The molecule has 4 rings (SSSR count). The first kappa shape index (κ1) is 12.1. The van der Waals surface area contributed by atoms with Gasteiger partial charge in [-0.1, -0.05) is 18.0 Å². The van der Waals surface area contributed by atoms with E-state index in [9.17, 15) is 0 Å². The minimum absolute atomic E-state index is 0.559. The number of nitrogens with zero attached hydrogens (tertiary/aromatic N) is 2. The Morgan fingerprint density at radius 2 is 2.00 bits per heavy atom. The van der Waals surface area contributed by atoms with E-state index < -0.39 is 0 Å². The molecule has 2 aromatic heterocycles. The van der Waals surface area contributed by atoms with Crippen molar-refractivity contribution in [2.45, 2.75) is 45.4 Å². The molecule has 0 spiro atoms. The molecule has 0 radical (unpaired) electrons. The van der Waals surface area contributed by atoms with E-state index in [0.29, 0.717) is 11.1 Å². The first-order valence-electron chi connectivity index (χ1n) is 7.06. The molecule has 2 nitrogen and oxygen atoms in total. The first-order valence-corrected chi connectivity index (χ1v) is 8.26. The van der Waals surface area contributed by atoms with Crippen LogP contribution in [0.3, 0.4) is 0 Å². The Kier molecular flexibility index (Phi) is 2.65. The van der Waals surface area contributed by atoms with E-state index in [1.807, 2.05) is 0 Å². The molecule has 4 heteroatoms. The molecule has 0 aliphatic heterocycles. The number of rotatable bonds is 1. The average Bonchev–Trinajstić information content (AvgIpc) is 3.05. The molecule has 0 aromatic carbocycles. The summed E-state index contributed by atoms with van der Waals surface area (Å²) in [5.41, 5.74) is 1.24. The molecule has 100 valence electrons. The summed E-state index contributed by atoms with van der Waals surface area (Å²) >= 11 is 8.17. The third-order valence-corrected chi connectivity index (χ3v) is 6.45. The average molecular weight is 293 g/mol. The van der Waals surface area contributed by atoms with Crippen molar-refractivity contribution >= 4 is 33.2 Å². The summed E-state index contributed by atoms with van der Waals surface area (Å²) in [6, 6.07) is 0. The molecule has 0 N–H and O–H groups in total. The third kappa shape index (κ3) is 1.74. The van der Waals surface area contributed by atoms with Crippen molar-refractivity contribution in [3.63, 3.8) is 0 Å². The molecule has 3 atom stereocenters. The van der Waals surface area contributed by atoms with Crippen molar-refractivity contribution in [2.24, 2.45) is 11.8 Å². The van der Waals surface area contributed by atoms with Crippen LogP contribution >= 0.6 is 22.9 Å². The molecule has 0 amide bonds. The maximum Gasteiger partial charge on any atom is 0.141 e. The first-order chi connectivity index (χ1) is 9.13. The van der Waals surface area contributed by atoms with Gasteiger partial charge in [0.25, 0.3) is 0 Å². The van der Waals surface area contributed by atoms with Gasteiger partial charge in [-0.15, -0.1) is 11.3 Å². The Balaban J connectivity index is 1.83. The van der Waals surface area contributed by atoms with Crippen LogP contribution < -0.4 is 0 Å². The zero-order valence-electron chi connectivity index (χ0n) is 11.2. The van der Waals surface area contributed by atoms with Gasteiger partial charge in [-0.25, -0.2) is 9.97 Å². The number of aryl methyl sites for hydroxylation is 2. The Morgan fingerprint density at radius 3 is 2.68 bits per heavy atom. The number of hydrogen-bond donors (Lipinski definition) is 0. The topological polar surface area (TPSA) is 25.8 Å². The highest BCUT2D eigenvalue weighted by Crippen LogP contribution is 2.52. The van der Waals surface area contributed by atoms with Crippen LogP contribution in [0.5, 0.6) is 0 Å². The molecule has 19 heavy (non-hydrogen) atoms. The Labute approximate surface area is 122 Å². The highest BCUT2D eigenvalue weighted by molar-refractivity contribution is 7.18. The van der Waals surface area contributed by atoms with Crippen LogP contribution in [0, 0.1) is 25.7 Å². The maximum absolute atomic E-state index is 6.42. The number of halogens is 1. The minimum Gasteiger partial charge on any atom is -0.222 e. The van der Waals surface area contributed by atoms with Gasteiger partial charge >= 0.3 is 0 Å². The number of aromatic nitrogens is 2. The zero-order valence-corrected chi connectivity index (χ0v) is 12.8. The van der Waals surface area contributed by atoms with Crippen molar-refractivity contribution in [3.05, 3.63) is 21.4 Å². The lowest BCUT2D eigenvalue weighted by Gasteiger charge is -2.20. The van der Waals surface area contributed by atoms with Crippen LogP contribution in [-0.2, 0) is 0 Å². The van der Waals surface area contributed by atoms with Gasteiger partial charge in [0.15, 0.2) is 0 Å². The maximum atomic E-state index is 6.42. The zero-order chi connectivity index (χ0) is 13.1. The fourth-order valence-corrected chi connectivity index (χ4v) is 5.35. The molecular formula is C15H17ClN2S. The van der Waals surface area contributed by atoms with Gasteiger partial charge in [0.1, 0.15) is 15.8 Å². The predicted molar refractivity (Wildman–Crippen MR) is 80.1 cm³/mol. The van der Waals surface area contributed by atoms with Crippen LogP contribution in [-0.4, -0.2) is 9.97 Å². The van der Waals surface area contributed by atoms with E-state index in [-0.39, 0.29) is 0 Å². The van der Waals surface area contributed by atoms with E-state index in [0.717, 1.165) is 27.9 Å². The number of fused-ring (bicyclic) bond motifs is 3. The van der Waals surface area contributed by atoms with Gasteiger partial charge in [0, 0.05) is 10.8 Å². The molecule has 2 aliphatic rings. The van der Waals surface area contributed by atoms with Gasteiger partial charge in [-0.3, -0.25) is 0 Å². The van der Waals surface area contributed by atoms with Crippen molar-refractivity contribution in [1.82, 2.24) is 9.97 Å². The molecule has 2 bridgehead atoms. The van der Waals surface area contributed by atoms with Crippen molar-refractivity contribution in [2.75, 3.05) is 0 Å². The summed E-state index contributed by atoms with van der Waals surface area (Å²) < 4.78 is 0. The second-order valence-electron chi connectivity index (χ2n) is 6.12. The summed E-state index contributed by atoms with van der Waals surface area (Å²) in [7, 11) is 0. The smallest absolute Gasteiger partial charge is 0.141 e. The van der Waals surface area contributed by atoms with Gasteiger partial charge in [-0.05, 0) is 50.5 Å². The highest BCUT2D eigenvalue weighted by atomic mass is 35.5. The van der Waals surface area contributed by atoms with E-state index in [2.05, 4.69) is 18.8 Å². The van der Waals surface area contributed by atoms with Crippen LogP contribution in [0.1, 0.15) is 47.9 Å². The quantitative estimate of drug-likeness (QED) is 0.701. The lowest BCUT2D eigenvalue weighted by Crippen LogP contribution is -2.12. The van der Waals surface area contributed by atoms with Gasteiger partial charge in [0.2, 0.25) is 0 Å². The van der Waals surface area contributed by atoms with E-state index in [1.54, 1.807) is 11.3 Å². The number of thiophene rings is 1. The molecule has 2 aliphatic carbocycles. The van der Waals surface area contributed by atoms with Crippen molar-refractivity contribution in [1.29, 1.82) is 0 Å². The van der Waals surface area contributed by atoms with Crippen LogP contribution in [0.15, 0.2) is 0 Å². The van der Waals surface area contributed by atoms with Crippen LogP contribution in [0.25, 0.3) is 10.2 Å². The molecule has 0 saturated heterocycles. The van der Waals surface area contributed by atoms with Gasteiger partial charge in [0.05, 0.1) is 5.39 Å². The monoisotopic (exact) mass is 292 g/mol. The minimum atomic E-state index is 0.559. The van der Waals surface area contributed by atoms with E-state index in [4.69, 9.17) is 16.6 Å². The van der Waals surface area contributed by atoms with Crippen LogP contribution in [0.4, 0.5) is 0 Å². The standard InChI is InChI=1S/C15H17ClN2S/c1-7-8(2)19-15-12(7)13(16)17-14(18-15)11-6-9-3-4-10(11)5-9/h9-11H,3-6H2,1-2H3. The summed E-state index contributed by atoms with van der Waals surface area (Å²) in [5.74, 6) is 3.29. The fourth-order valence-electron chi connectivity index (χ4n) is 3.94. The van der Waals surface area contributed by atoms with E-state index >= 15 is 0 Å². The second-order valence-corrected chi connectivity index (χ2v) is 7.68. The molecule has 2 saturated carbocycles. The lowest BCUT2D eigenvalue weighted by atomic mass is 9.88. The summed E-state index contributed by atoms with van der Waals surface area (Å²) in [5, 5.41) is 1.72. The fraction of sp³-hybridized carbons (Fsp3) is 0.600. The highest BCUT2D eigenvalue weighted by Gasteiger charge is 2.41. The van der Waals surface area contributed by atoms with Crippen molar-refractivity contribution in [3.8, 4) is 0 Å².